The third-order valence-corrected chi connectivity index (χ3v) is 5.31. The minimum atomic E-state index is -3.36. The maximum atomic E-state index is 12.3. The van der Waals surface area contributed by atoms with Crippen molar-refractivity contribution in [2.75, 3.05) is 13.1 Å². The highest BCUT2D eigenvalue weighted by Gasteiger charge is 2.27. The average molecular weight is 274 g/mol. The maximum absolute atomic E-state index is 12.3. The van der Waals surface area contributed by atoms with Crippen LogP contribution in [-0.4, -0.2) is 25.8 Å². The van der Waals surface area contributed by atoms with Gasteiger partial charge >= 0.3 is 0 Å². The smallest absolute Gasteiger partial charge is 0.207 e. The Morgan fingerprint density at radius 1 is 1.29 bits per heavy atom. The van der Waals surface area contributed by atoms with Gasteiger partial charge < -0.3 is 0 Å². The van der Waals surface area contributed by atoms with Crippen molar-refractivity contribution < 1.29 is 8.42 Å². The molecule has 1 saturated heterocycles. The van der Waals surface area contributed by atoms with Crippen molar-refractivity contribution in [2.24, 2.45) is 5.92 Å². The average Bonchev–Trinajstić information content (AvgIpc) is 2.29. The number of piperidine rings is 1. The summed E-state index contributed by atoms with van der Waals surface area (Å²) >= 11 is 5.83. The second kappa shape index (κ2) is 4.96. The van der Waals surface area contributed by atoms with Crippen LogP contribution in [0.5, 0.6) is 0 Å². The number of benzene rings is 1. The summed E-state index contributed by atoms with van der Waals surface area (Å²) < 4.78 is 26.2. The molecule has 1 aromatic rings. The molecule has 94 valence electrons. The van der Waals surface area contributed by atoms with Crippen LogP contribution in [0.25, 0.3) is 0 Å². The Labute approximate surface area is 107 Å². The normalized spacial score (nSPS) is 19.4. The molecular formula is C12H16ClNO2S. The van der Waals surface area contributed by atoms with Gasteiger partial charge in [-0.15, -0.1) is 0 Å². The molecule has 0 aliphatic carbocycles. The number of hydrogen-bond donors (Lipinski definition) is 0. The second-order valence-corrected chi connectivity index (χ2v) is 6.92. The van der Waals surface area contributed by atoms with Gasteiger partial charge in [-0.1, -0.05) is 24.6 Å². The van der Waals surface area contributed by atoms with Gasteiger partial charge in [0, 0.05) is 18.1 Å². The minimum absolute atomic E-state index is 0.291. The maximum Gasteiger partial charge on any atom is 0.243 e. The van der Waals surface area contributed by atoms with Crippen molar-refractivity contribution >= 4 is 21.6 Å². The monoisotopic (exact) mass is 273 g/mol. The van der Waals surface area contributed by atoms with E-state index >= 15 is 0 Å². The van der Waals surface area contributed by atoms with Crippen LogP contribution in [0.3, 0.4) is 0 Å². The number of halogens is 1. The first kappa shape index (κ1) is 12.9. The first-order valence-electron chi connectivity index (χ1n) is 5.76. The predicted molar refractivity (Wildman–Crippen MR) is 68.6 cm³/mol. The lowest BCUT2D eigenvalue weighted by atomic mass is 10.0. The lowest BCUT2D eigenvalue weighted by Gasteiger charge is -2.29. The van der Waals surface area contributed by atoms with E-state index in [2.05, 4.69) is 6.92 Å². The fourth-order valence-electron chi connectivity index (χ4n) is 2.00. The van der Waals surface area contributed by atoms with Crippen LogP contribution in [-0.2, 0) is 10.0 Å². The molecule has 3 nitrogen and oxygen atoms in total. The van der Waals surface area contributed by atoms with Gasteiger partial charge in [0.05, 0.1) is 4.90 Å². The van der Waals surface area contributed by atoms with Crippen molar-refractivity contribution in [1.29, 1.82) is 0 Å². The van der Waals surface area contributed by atoms with Gasteiger partial charge in [0.25, 0.3) is 0 Å². The van der Waals surface area contributed by atoms with Gasteiger partial charge in [-0.05, 0) is 37.0 Å². The molecule has 0 spiro atoms. The van der Waals surface area contributed by atoms with Gasteiger partial charge in [0.15, 0.2) is 0 Å². The highest BCUT2D eigenvalue weighted by molar-refractivity contribution is 7.89. The highest BCUT2D eigenvalue weighted by atomic mass is 35.5. The molecule has 1 fully saturated rings. The van der Waals surface area contributed by atoms with Gasteiger partial charge in [-0.3, -0.25) is 0 Å². The van der Waals surface area contributed by atoms with Crippen LogP contribution in [0.2, 0.25) is 5.02 Å². The van der Waals surface area contributed by atoms with Crippen LogP contribution < -0.4 is 0 Å². The Morgan fingerprint density at radius 2 is 1.94 bits per heavy atom. The third-order valence-electron chi connectivity index (χ3n) is 3.18. The van der Waals surface area contributed by atoms with Gasteiger partial charge in [0.2, 0.25) is 10.0 Å². The first-order valence-corrected chi connectivity index (χ1v) is 7.57. The lowest BCUT2D eigenvalue weighted by molar-refractivity contribution is 0.288. The van der Waals surface area contributed by atoms with Crippen LogP contribution in [0.4, 0.5) is 0 Å². The number of sulfonamides is 1. The van der Waals surface area contributed by atoms with E-state index in [1.807, 2.05) is 0 Å². The van der Waals surface area contributed by atoms with Gasteiger partial charge in [0.1, 0.15) is 0 Å². The van der Waals surface area contributed by atoms with Crippen molar-refractivity contribution in [1.82, 2.24) is 4.31 Å². The topological polar surface area (TPSA) is 37.4 Å². The molecule has 0 N–H and O–H groups in total. The highest BCUT2D eigenvalue weighted by Crippen LogP contribution is 2.24. The Morgan fingerprint density at radius 3 is 2.53 bits per heavy atom. The minimum Gasteiger partial charge on any atom is -0.207 e. The van der Waals surface area contributed by atoms with E-state index in [4.69, 9.17) is 11.6 Å². The molecule has 0 atom stereocenters. The summed E-state index contributed by atoms with van der Waals surface area (Å²) in [5, 5.41) is 0.455. The van der Waals surface area contributed by atoms with Crippen molar-refractivity contribution in [3.05, 3.63) is 29.3 Å². The summed E-state index contributed by atoms with van der Waals surface area (Å²) in [4.78, 5) is 0.291. The molecule has 0 saturated carbocycles. The van der Waals surface area contributed by atoms with Crippen LogP contribution in [0.1, 0.15) is 19.8 Å². The molecule has 1 aliphatic heterocycles. The first-order chi connectivity index (χ1) is 8.00. The zero-order chi connectivity index (χ0) is 12.5. The zero-order valence-corrected chi connectivity index (χ0v) is 11.3. The fourth-order valence-corrected chi connectivity index (χ4v) is 3.77. The van der Waals surface area contributed by atoms with Crippen molar-refractivity contribution in [3.63, 3.8) is 0 Å². The summed E-state index contributed by atoms with van der Waals surface area (Å²) in [6.45, 7) is 3.37. The zero-order valence-electron chi connectivity index (χ0n) is 9.77. The number of hydrogen-bond acceptors (Lipinski definition) is 2. The molecule has 0 amide bonds. The standard InChI is InChI=1S/C12H16ClNO2S/c1-10-5-7-14(8-6-10)17(15,16)12-4-2-3-11(13)9-12/h2-4,9-10H,5-8H2,1H3. The SMILES string of the molecule is CC1CCN(S(=O)(=O)c2cccc(Cl)c2)CC1. The molecule has 1 aliphatic rings. The number of nitrogens with zero attached hydrogens (tertiary/aromatic N) is 1. The van der Waals surface area contributed by atoms with E-state index in [-0.39, 0.29) is 0 Å². The molecule has 0 aromatic heterocycles. The van der Waals surface area contributed by atoms with Gasteiger partial charge in [-0.25, -0.2) is 8.42 Å². The fraction of sp³-hybridized carbons (Fsp3) is 0.500. The number of rotatable bonds is 2. The molecule has 1 aromatic carbocycles. The molecule has 0 unspecified atom stereocenters. The summed E-state index contributed by atoms with van der Waals surface area (Å²) in [6, 6.07) is 6.45. The van der Waals surface area contributed by atoms with Crippen LogP contribution in [0.15, 0.2) is 29.2 Å². The Balaban J connectivity index is 2.25. The molecule has 2 rings (SSSR count). The lowest BCUT2D eigenvalue weighted by Crippen LogP contribution is -2.37. The Bertz CT molecular complexity index is 493. The third kappa shape index (κ3) is 2.81. The van der Waals surface area contributed by atoms with Crippen LogP contribution >= 0.6 is 11.6 Å². The summed E-state index contributed by atoms with van der Waals surface area (Å²) in [6.07, 6.45) is 1.86. The van der Waals surface area contributed by atoms with Gasteiger partial charge in [-0.2, -0.15) is 4.31 Å². The summed E-state index contributed by atoms with van der Waals surface area (Å²) in [5.41, 5.74) is 0. The van der Waals surface area contributed by atoms with E-state index in [0.717, 1.165) is 12.8 Å². The van der Waals surface area contributed by atoms with E-state index < -0.39 is 10.0 Å². The molecule has 1 heterocycles. The second-order valence-electron chi connectivity index (χ2n) is 4.54. The Hall–Kier alpha value is -0.580. The Kier molecular flexibility index (Phi) is 3.76. The predicted octanol–water partition coefficient (Wildman–Crippen LogP) is 2.76. The molecule has 17 heavy (non-hydrogen) atoms. The molecular weight excluding hydrogens is 258 g/mol. The molecule has 5 heteroatoms. The summed E-state index contributed by atoms with van der Waals surface area (Å²) in [5.74, 6) is 0.612. The van der Waals surface area contributed by atoms with Crippen molar-refractivity contribution in [3.8, 4) is 0 Å². The van der Waals surface area contributed by atoms with E-state index in [9.17, 15) is 8.42 Å². The molecule has 0 radical (unpaired) electrons. The van der Waals surface area contributed by atoms with E-state index in [1.54, 1.807) is 22.5 Å². The summed E-state index contributed by atoms with van der Waals surface area (Å²) in [7, 11) is -3.36. The van der Waals surface area contributed by atoms with E-state index in [1.165, 1.54) is 6.07 Å². The molecule has 0 bridgehead atoms. The van der Waals surface area contributed by atoms with E-state index in [0.29, 0.717) is 28.9 Å². The largest absolute Gasteiger partial charge is 0.243 e. The quantitative estimate of drug-likeness (QED) is 0.831. The van der Waals surface area contributed by atoms with Crippen LogP contribution in [0, 0.1) is 5.92 Å². The van der Waals surface area contributed by atoms with Crippen molar-refractivity contribution in [2.45, 2.75) is 24.7 Å².